The van der Waals surface area contributed by atoms with Crippen molar-refractivity contribution in [3.8, 4) is 0 Å². The molecular formula is C13H10Cl2N2. The van der Waals surface area contributed by atoms with Crippen LogP contribution in [0.3, 0.4) is 0 Å². The van der Waals surface area contributed by atoms with Crippen LogP contribution in [0.1, 0.15) is 12.5 Å². The monoisotopic (exact) mass is 264 g/mol. The fourth-order valence-corrected chi connectivity index (χ4v) is 2.53. The summed E-state index contributed by atoms with van der Waals surface area (Å²) in [6.45, 7) is 2.79. The lowest BCUT2D eigenvalue weighted by Crippen LogP contribution is -2.28. The van der Waals surface area contributed by atoms with Gasteiger partial charge in [0.25, 0.3) is 0 Å². The molecule has 0 fully saturated rings. The Bertz CT molecular complexity index is 585. The summed E-state index contributed by atoms with van der Waals surface area (Å²) in [5.41, 5.74) is 3.09. The number of amidine groups is 1. The third-order valence-corrected chi connectivity index (χ3v) is 3.42. The lowest BCUT2D eigenvalue weighted by molar-refractivity contribution is 0.543. The van der Waals surface area contributed by atoms with E-state index in [4.69, 9.17) is 23.2 Å². The van der Waals surface area contributed by atoms with Crippen LogP contribution in [0.2, 0.25) is 10.0 Å². The van der Waals surface area contributed by atoms with Crippen LogP contribution < -0.4 is 0 Å². The molecule has 0 saturated heterocycles. The number of hydrogen-bond donors (Lipinski definition) is 0. The fourth-order valence-electron chi connectivity index (χ4n) is 1.99. The molecule has 0 radical (unpaired) electrons. The molecule has 0 amide bonds. The molecule has 2 heterocycles. The Kier molecular flexibility index (Phi) is 2.49. The SMILES string of the molecule is CC1=CC2=Nc3cc(Cl)cc(Cl)c3CN2C=C1. The molecule has 0 unspecified atom stereocenters. The third-order valence-electron chi connectivity index (χ3n) is 2.87. The molecule has 1 aromatic carbocycles. The summed E-state index contributed by atoms with van der Waals surface area (Å²) in [6, 6.07) is 3.62. The van der Waals surface area contributed by atoms with E-state index >= 15 is 0 Å². The number of rotatable bonds is 0. The highest BCUT2D eigenvalue weighted by molar-refractivity contribution is 6.35. The molecule has 0 N–H and O–H groups in total. The summed E-state index contributed by atoms with van der Waals surface area (Å²) in [7, 11) is 0. The Labute approximate surface area is 110 Å². The van der Waals surface area contributed by atoms with E-state index in [0.717, 1.165) is 23.6 Å². The summed E-state index contributed by atoms with van der Waals surface area (Å²) >= 11 is 12.2. The minimum atomic E-state index is 0.624. The first kappa shape index (κ1) is 10.9. The average molecular weight is 265 g/mol. The maximum Gasteiger partial charge on any atom is 0.133 e. The molecule has 3 rings (SSSR count). The summed E-state index contributed by atoms with van der Waals surface area (Å²) in [5.74, 6) is 0.941. The second-order valence-electron chi connectivity index (χ2n) is 4.19. The predicted molar refractivity (Wildman–Crippen MR) is 72.0 cm³/mol. The van der Waals surface area contributed by atoms with Gasteiger partial charge in [0.05, 0.1) is 12.2 Å². The number of halogens is 2. The van der Waals surface area contributed by atoms with Gasteiger partial charge in [0.2, 0.25) is 0 Å². The van der Waals surface area contributed by atoms with Crippen LogP contribution in [0.5, 0.6) is 0 Å². The first-order chi connectivity index (χ1) is 8.13. The van der Waals surface area contributed by atoms with Gasteiger partial charge in [-0.25, -0.2) is 4.99 Å². The van der Waals surface area contributed by atoms with Gasteiger partial charge in [0.15, 0.2) is 0 Å². The van der Waals surface area contributed by atoms with Crippen LogP contribution >= 0.6 is 23.2 Å². The van der Waals surface area contributed by atoms with Crippen molar-refractivity contribution in [1.29, 1.82) is 0 Å². The van der Waals surface area contributed by atoms with Crippen molar-refractivity contribution in [2.45, 2.75) is 13.5 Å². The largest absolute Gasteiger partial charge is 0.328 e. The standard InChI is InChI=1S/C13H10Cl2N2/c1-8-2-3-17-7-10-11(15)5-9(14)6-12(10)16-13(17)4-8/h2-6H,7H2,1H3. The van der Waals surface area contributed by atoms with E-state index < -0.39 is 0 Å². The van der Waals surface area contributed by atoms with Gasteiger partial charge in [0, 0.05) is 21.8 Å². The number of benzene rings is 1. The number of fused-ring (bicyclic) bond motifs is 2. The molecule has 0 aromatic heterocycles. The van der Waals surface area contributed by atoms with Gasteiger partial charge in [-0.1, -0.05) is 23.2 Å². The molecule has 4 heteroatoms. The van der Waals surface area contributed by atoms with E-state index in [9.17, 15) is 0 Å². The predicted octanol–water partition coefficient (Wildman–Crippen LogP) is 4.31. The van der Waals surface area contributed by atoms with E-state index in [-0.39, 0.29) is 0 Å². The maximum atomic E-state index is 6.19. The Balaban J connectivity index is 2.16. The molecule has 0 saturated carbocycles. The molecule has 2 aliphatic rings. The Morgan fingerprint density at radius 1 is 1.29 bits per heavy atom. The molecule has 0 aliphatic carbocycles. The van der Waals surface area contributed by atoms with Gasteiger partial charge in [0.1, 0.15) is 5.84 Å². The minimum absolute atomic E-state index is 0.624. The molecule has 0 bridgehead atoms. The first-order valence-corrected chi connectivity index (χ1v) is 6.09. The van der Waals surface area contributed by atoms with Crippen LogP contribution in [0.25, 0.3) is 0 Å². The lowest BCUT2D eigenvalue weighted by Gasteiger charge is -2.29. The van der Waals surface area contributed by atoms with Crippen molar-refractivity contribution < 1.29 is 0 Å². The quantitative estimate of drug-likeness (QED) is 0.682. The van der Waals surface area contributed by atoms with Crippen LogP contribution in [0, 0.1) is 0 Å². The smallest absolute Gasteiger partial charge is 0.133 e. The second kappa shape index (κ2) is 3.90. The molecule has 86 valence electrons. The van der Waals surface area contributed by atoms with Crippen molar-refractivity contribution in [3.05, 3.63) is 51.7 Å². The normalized spacial score (nSPS) is 17.2. The lowest BCUT2D eigenvalue weighted by atomic mass is 10.1. The molecule has 2 nitrogen and oxygen atoms in total. The van der Waals surface area contributed by atoms with Gasteiger partial charge in [-0.2, -0.15) is 0 Å². The topological polar surface area (TPSA) is 15.6 Å². The summed E-state index contributed by atoms with van der Waals surface area (Å²) in [5, 5.41) is 1.30. The van der Waals surface area contributed by atoms with E-state index in [2.05, 4.69) is 29.0 Å². The van der Waals surface area contributed by atoms with Crippen LogP contribution in [-0.2, 0) is 6.54 Å². The fraction of sp³-hybridized carbons (Fsp3) is 0.154. The number of allylic oxidation sites excluding steroid dienone is 2. The zero-order valence-corrected chi connectivity index (χ0v) is 10.8. The van der Waals surface area contributed by atoms with Gasteiger partial charge < -0.3 is 4.90 Å². The summed E-state index contributed by atoms with van der Waals surface area (Å²) in [6.07, 6.45) is 6.15. The number of aliphatic imine (C=N–C) groups is 1. The molecule has 2 aliphatic heterocycles. The van der Waals surface area contributed by atoms with Gasteiger partial charge in [-0.15, -0.1) is 0 Å². The zero-order valence-electron chi connectivity index (χ0n) is 9.24. The van der Waals surface area contributed by atoms with E-state index in [1.165, 1.54) is 5.57 Å². The Hall–Kier alpha value is -1.25. The number of hydrogen-bond acceptors (Lipinski definition) is 2. The van der Waals surface area contributed by atoms with Crippen molar-refractivity contribution in [2.24, 2.45) is 4.99 Å². The highest BCUT2D eigenvalue weighted by Crippen LogP contribution is 2.36. The van der Waals surface area contributed by atoms with Crippen molar-refractivity contribution >= 4 is 34.7 Å². The summed E-state index contributed by atoms with van der Waals surface area (Å²) in [4.78, 5) is 6.66. The first-order valence-electron chi connectivity index (χ1n) is 5.33. The summed E-state index contributed by atoms with van der Waals surface area (Å²) < 4.78 is 0. The highest BCUT2D eigenvalue weighted by atomic mass is 35.5. The molecule has 0 spiro atoms. The van der Waals surface area contributed by atoms with E-state index in [0.29, 0.717) is 10.0 Å². The average Bonchev–Trinajstić information content (AvgIpc) is 2.26. The van der Waals surface area contributed by atoms with Crippen molar-refractivity contribution in [1.82, 2.24) is 4.90 Å². The van der Waals surface area contributed by atoms with Gasteiger partial charge >= 0.3 is 0 Å². The van der Waals surface area contributed by atoms with Crippen LogP contribution in [-0.4, -0.2) is 10.7 Å². The maximum absolute atomic E-state index is 6.19. The molecular weight excluding hydrogens is 255 g/mol. The second-order valence-corrected chi connectivity index (χ2v) is 5.03. The molecule has 1 aromatic rings. The van der Waals surface area contributed by atoms with E-state index in [1.807, 2.05) is 12.3 Å². The van der Waals surface area contributed by atoms with Crippen molar-refractivity contribution in [3.63, 3.8) is 0 Å². The third kappa shape index (κ3) is 1.88. The Morgan fingerprint density at radius 3 is 2.94 bits per heavy atom. The highest BCUT2D eigenvalue weighted by Gasteiger charge is 2.21. The van der Waals surface area contributed by atoms with Gasteiger partial charge in [-0.05, 0) is 36.8 Å². The zero-order chi connectivity index (χ0) is 12.0. The van der Waals surface area contributed by atoms with Crippen LogP contribution in [0.4, 0.5) is 5.69 Å². The molecule has 0 atom stereocenters. The van der Waals surface area contributed by atoms with Gasteiger partial charge in [-0.3, -0.25) is 0 Å². The van der Waals surface area contributed by atoms with Crippen LogP contribution in [0.15, 0.2) is 41.1 Å². The molecule has 17 heavy (non-hydrogen) atoms. The van der Waals surface area contributed by atoms with E-state index in [1.54, 1.807) is 6.07 Å². The minimum Gasteiger partial charge on any atom is -0.328 e. The number of nitrogens with zero attached hydrogens (tertiary/aromatic N) is 2. The Morgan fingerprint density at radius 2 is 2.12 bits per heavy atom. The van der Waals surface area contributed by atoms with Crippen molar-refractivity contribution in [2.75, 3.05) is 0 Å².